The largest absolute Gasteiger partial charge is 0.496 e. The molecule has 2 heterocycles. The molecule has 5 rings (SSSR count). The highest BCUT2D eigenvalue weighted by Gasteiger charge is 2.49. The van der Waals surface area contributed by atoms with Crippen molar-refractivity contribution in [1.82, 2.24) is 21.5 Å². The Balaban J connectivity index is 1.42. The third-order valence-corrected chi connectivity index (χ3v) is 7.21. The van der Waals surface area contributed by atoms with E-state index in [2.05, 4.69) is 21.5 Å². The molecule has 182 valence electrons. The van der Waals surface area contributed by atoms with Crippen LogP contribution in [0.4, 0.5) is 4.39 Å². The van der Waals surface area contributed by atoms with E-state index in [9.17, 15) is 9.18 Å². The van der Waals surface area contributed by atoms with Crippen LogP contribution in [-0.4, -0.2) is 19.2 Å². The number of piperidine rings is 1. The van der Waals surface area contributed by atoms with Gasteiger partial charge in [0, 0.05) is 35.0 Å². The molecule has 2 saturated heterocycles. The number of para-hydroxylation sites is 1. The third kappa shape index (κ3) is 5.04. The molecular formula is C27H28ClFN4O2. The van der Waals surface area contributed by atoms with Gasteiger partial charge in [-0.25, -0.2) is 15.2 Å². The molecular weight excluding hydrogens is 467 g/mol. The Bertz CT molecular complexity index is 1170. The summed E-state index contributed by atoms with van der Waals surface area (Å²) in [7, 11) is 1.66. The van der Waals surface area contributed by atoms with Gasteiger partial charge in [-0.1, -0.05) is 54.1 Å². The van der Waals surface area contributed by atoms with Gasteiger partial charge in [-0.3, -0.25) is 10.1 Å². The highest BCUT2D eigenvalue weighted by molar-refractivity contribution is 6.30. The molecule has 2 fully saturated rings. The fourth-order valence-corrected chi connectivity index (χ4v) is 5.35. The zero-order valence-electron chi connectivity index (χ0n) is 19.3. The van der Waals surface area contributed by atoms with Gasteiger partial charge in [0.1, 0.15) is 11.6 Å². The van der Waals surface area contributed by atoms with E-state index in [-0.39, 0.29) is 41.8 Å². The Labute approximate surface area is 209 Å². The van der Waals surface area contributed by atoms with Crippen LogP contribution < -0.4 is 26.2 Å². The Morgan fingerprint density at radius 3 is 2.54 bits per heavy atom. The Morgan fingerprint density at radius 2 is 1.80 bits per heavy atom. The first kappa shape index (κ1) is 23.8. The second-order valence-corrected chi connectivity index (χ2v) is 9.46. The van der Waals surface area contributed by atoms with Gasteiger partial charge in [0.05, 0.1) is 19.3 Å². The lowest BCUT2D eigenvalue weighted by molar-refractivity contribution is -0.129. The number of fused-ring (bicyclic) bond motifs is 1. The number of hydrazine groups is 1. The summed E-state index contributed by atoms with van der Waals surface area (Å²) < 4.78 is 18.9. The second-order valence-electron chi connectivity index (χ2n) is 9.02. The third-order valence-electron chi connectivity index (χ3n) is 6.96. The lowest BCUT2D eigenvalue weighted by Gasteiger charge is -2.40. The Kier molecular flexibility index (Phi) is 7.02. The molecule has 0 aromatic heterocycles. The number of carbonyl (C=O) groups is 1. The molecule has 8 heteroatoms. The first-order chi connectivity index (χ1) is 17.0. The van der Waals surface area contributed by atoms with Gasteiger partial charge in [0.15, 0.2) is 0 Å². The monoisotopic (exact) mass is 494 g/mol. The lowest BCUT2D eigenvalue weighted by Crippen LogP contribution is -2.54. The van der Waals surface area contributed by atoms with Crippen LogP contribution in [-0.2, 0) is 11.3 Å². The molecule has 3 aromatic carbocycles. The summed E-state index contributed by atoms with van der Waals surface area (Å²) in [4.78, 5) is 13.6. The topological polar surface area (TPSA) is 74.4 Å². The standard InChI is InChI=1S/C27H28ClFN4O2/c1-35-23-5-3-2-4-20(23)22-14-21(27(34)30-15-16-6-12-19(29)13-7-16)24-25(32-33-26(24)31-22)17-8-10-18(28)11-9-17/h2-13,21-22,24-26,31-33H,14-15H2,1H3,(H,30,34). The summed E-state index contributed by atoms with van der Waals surface area (Å²) in [6.45, 7) is 0.340. The molecule has 0 aliphatic carbocycles. The van der Waals surface area contributed by atoms with Crippen LogP contribution in [0.15, 0.2) is 72.8 Å². The van der Waals surface area contributed by atoms with Crippen LogP contribution in [0.2, 0.25) is 5.02 Å². The van der Waals surface area contributed by atoms with Crippen molar-refractivity contribution in [3.8, 4) is 5.75 Å². The predicted molar refractivity (Wildman–Crippen MR) is 133 cm³/mol. The van der Waals surface area contributed by atoms with Gasteiger partial charge in [0.25, 0.3) is 0 Å². The normalized spacial score (nSPS) is 25.6. The maximum absolute atomic E-state index is 13.6. The molecule has 6 nitrogen and oxygen atoms in total. The van der Waals surface area contributed by atoms with E-state index in [1.54, 1.807) is 19.2 Å². The summed E-state index contributed by atoms with van der Waals surface area (Å²) >= 11 is 6.11. The molecule has 3 aromatic rings. The van der Waals surface area contributed by atoms with E-state index in [1.165, 1.54) is 12.1 Å². The molecule has 4 N–H and O–H groups in total. The minimum atomic E-state index is -0.296. The fourth-order valence-electron chi connectivity index (χ4n) is 5.23. The van der Waals surface area contributed by atoms with Crippen LogP contribution in [0, 0.1) is 17.7 Å². The quantitative estimate of drug-likeness (QED) is 0.412. The molecule has 2 aliphatic rings. The van der Waals surface area contributed by atoms with Gasteiger partial charge in [-0.05, 0) is 47.9 Å². The second kappa shape index (κ2) is 10.3. The summed E-state index contributed by atoms with van der Waals surface area (Å²) in [5.41, 5.74) is 9.68. The van der Waals surface area contributed by atoms with Crippen LogP contribution in [0.25, 0.3) is 0 Å². The van der Waals surface area contributed by atoms with Gasteiger partial charge < -0.3 is 10.1 Å². The van der Waals surface area contributed by atoms with E-state index in [0.717, 1.165) is 22.4 Å². The molecule has 0 bridgehead atoms. The summed E-state index contributed by atoms with van der Waals surface area (Å²) in [5, 5.41) is 7.44. The predicted octanol–water partition coefficient (Wildman–Crippen LogP) is 4.25. The molecule has 0 radical (unpaired) electrons. The molecule has 1 amide bonds. The van der Waals surface area contributed by atoms with E-state index >= 15 is 0 Å². The van der Waals surface area contributed by atoms with Crippen LogP contribution >= 0.6 is 11.6 Å². The molecule has 0 spiro atoms. The van der Waals surface area contributed by atoms with E-state index in [0.29, 0.717) is 18.0 Å². The number of benzene rings is 3. The highest BCUT2D eigenvalue weighted by Crippen LogP contribution is 2.44. The maximum atomic E-state index is 13.6. The number of ether oxygens (including phenoxy) is 1. The Hall–Kier alpha value is -2.97. The van der Waals surface area contributed by atoms with Crippen LogP contribution in [0.3, 0.4) is 0 Å². The SMILES string of the molecule is COc1ccccc1C1CC(C(=O)NCc2ccc(F)cc2)C2C(NNC2c2ccc(Cl)cc2)N1. The van der Waals surface area contributed by atoms with Crippen molar-refractivity contribution in [2.24, 2.45) is 11.8 Å². The summed E-state index contributed by atoms with van der Waals surface area (Å²) in [5.74, 6) is 0.120. The van der Waals surface area contributed by atoms with Crippen molar-refractivity contribution in [3.63, 3.8) is 0 Å². The number of carbonyl (C=O) groups excluding carboxylic acids is 1. The maximum Gasteiger partial charge on any atom is 0.223 e. The molecule has 35 heavy (non-hydrogen) atoms. The fraction of sp³-hybridized carbons (Fsp3) is 0.296. The minimum Gasteiger partial charge on any atom is -0.496 e. The number of amides is 1. The summed E-state index contributed by atoms with van der Waals surface area (Å²) in [6.07, 6.45) is 0.463. The number of nitrogens with one attached hydrogen (secondary N) is 4. The van der Waals surface area contributed by atoms with Crippen molar-refractivity contribution >= 4 is 17.5 Å². The molecule has 2 aliphatic heterocycles. The molecule has 0 saturated carbocycles. The average Bonchev–Trinajstić information content (AvgIpc) is 3.32. The number of halogens is 2. The average molecular weight is 495 g/mol. The van der Waals surface area contributed by atoms with Crippen LogP contribution in [0.5, 0.6) is 5.75 Å². The molecule has 5 unspecified atom stereocenters. The van der Waals surface area contributed by atoms with Crippen molar-refractivity contribution in [3.05, 3.63) is 100 Å². The van der Waals surface area contributed by atoms with Gasteiger partial charge in [0.2, 0.25) is 5.91 Å². The highest BCUT2D eigenvalue weighted by atomic mass is 35.5. The molecule has 5 atom stereocenters. The number of hydrogen-bond acceptors (Lipinski definition) is 5. The zero-order valence-corrected chi connectivity index (χ0v) is 20.1. The van der Waals surface area contributed by atoms with E-state index in [1.807, 2.05) is 48.5 Å². The van der Waals surface area contributed by atoms with Crippen molar-refractivity contribution in [1.29, 1.82) is 0 Å². The number of methoxy groups -OCH3 is 1. The first-order valence-corrected chi connectivity index (χ1v) is 12.1. The van der Waals surface area contributed by atoms with Gasteiger partial charge in [-0.15, -0.1) is 0 Å². The first-order valence-electron chi connectivity index (χ1n) is 11.7. The van der Waals surface area contributed by atoms with Gasteiger partial charge in [-0.2, -0.15) is 0 Å². The van der Waals surface area contributed by atoms with Gasteiger partial charge >= 0.3 is 0 Å². The van der Waals surface area contributed by atoms with E-state index in [4.69, 9.17) is 16.3 Å². The minimum absolute atomic E-state index is 0.0322. The summed E-state index contributed by atoms with van der Waals surface area (Å²) in [6, 6.07) is 21.6. The lowest BCUT2D eigenvalue weighted by atomic mass is 9.74. The van der Waals surface area contributed by atoms with Crippen molar-refractivity contribution in [2.45, 2.75) is 31.2 Å². The van der Waals surface area contributed by atoms with Crippen molar-refractivity contribution < 1.29 is 13.9 Å². The number of hydrogen-bond donors (Lipinski definition) is 4. The number of rotatable bonds is 6. The van der Waals surface area contributed by atoms with Crippen LogP contribution in [0.1, 0.15) is 35.2 Å². The smallest absolute Gasteiger partial charge is 0.223 e. The van der Waals surface area contributed by atoms with E-state index < -0.39 is 0 Å². The van der Waals surface area contributed by atoms with Crippen molar-refractivity contribution in [2.75, 3.05) is 7.11 Å². The zero-order chi connectivity index (χ0) is 24.4. The Morgan fingerprint density at radius 1 is 1.06 bits per heavy atom.